The van der Waals surface area contributed by atoms with Gasteiger partial charge in [0.1, 0.15) is 5.69 Å². The Morgan fingerprint density at radius 1 is 1.15 bits per heavy atom. The van der Waals surface area contributed by atoms with Gasteiger partial charge >= 0.3 is 5.97 Å². The lowest BCUT2D eigenvalue weighted by Crippen LogP contribution is -2.01. The van der Waals surface area contributed by atoms with Crippen LogP contribution >= 0.6 is 0 Å². The molecular weight excluding hydrogens is 250 g/mol. The quantitative estimate of drug-likeness (QED) is 0.632. The third kappa shape index (κ3) is 4.25. The van der Waals surface area contributed by atoms with E-state index in [-0.39, 0.29) is 5.97 Å². The Balaban J connectivity index is 1.98. The fourth-order valence-corrected chi connectivity index (χ4v) is 1.68. The van der Waals surface area contributed by atoms with Crippen LogP contribution < -0.4 is 0 Å². The van der Waals surface area contributed by atoms with Gasteiger partial charge in [-0.15, -0.1) is 0 Å². The summed E-state index contributed by atoms with van der Waals surface area (Å²) in [7, 11) is 1.40. The molecule has 0 spiro atoms. The number of carbonyl (C=O) groups is 1. The lowest BCUT2D eigenvalue weighted by atomic mass is 10.1. The van der Waals surface area contributed by atoms with Crippen LogP contribution in [0.5, 0.6) is 0 Å². The molecule has 1 heterocycles. The van der Waals surface area contributed by atoms with E-state index < -0.39 is 0 Å². The van der Waals surface area contributed by atoms with Crippen molar-refractivity contribution in [3.8, 4) is 11.8 Å². The molecular formula is C17H15NO2. The number of hydrogen-bond acceptors (Lipinski definition) is 3. The highest BCUT2D eigenvalue weighted by Crippen LogP contribution is 2.06. The molecule has 2 rings (SSSR count). The van der Waals surface area contributed by atoms with E-state index in [0.29, 0.717) is 12.8 Å². The molecule has 20 heavy (non-hydrogen) atoms. The number of rotatable bonds is 3. The summed E-state index contributed by atoms with van der Waals surface area (Å²) in [5.41, 5.74) is 2.78. The lowest BCUT2D eigenvalue weighted by Gasteiger charge is -2.00. The van der Waals surface area contributed by atoms with Crippen LogP contribution in [-0.4, -0.2) is 18.1 Å². The topological polar surface area (TPSA) is 39.2 Å². The monoisotopic (exact) mass is 265 g/mol. The molecule has 0 radical (unpaired) electrons. The zero-order valence-corrected chi connectivity index (χ0v) is 11.3. The summed E-state index contributed by atoms with van der Waals surface area (Å²) in [6.45, 7) is 0. The molecule has 0 fully saturated rings. The zero-order valence-electron chi connectivity index (χ0n) is 11.3. The fourth-order valence-electron chi connectivity index (χ4n) is 1.68. The minimum atomic E-state index is -0.191. The van der Waals surface area contributed by atoms with Crippen molar-refractivity contribution in [1.82, 2.24) is 4.98 Å². The van der Waals surface area contributed by atoms with E-state index in [9.17, 15) is 4.79 Å². The van der Waals surface area contributed by atoms with Crippen molar-refractivity contribution in [2.75, 3.05) is 7.11 Å². The van der Waals surface area contributed by atoms with Gasteiger partial charge in [-0.1, -0.05) is 24.1 Å². The first kappa shape index (κ1) is 13.8. The standard InChI is InChI=1S/C17H15NO2/c1-20-17(19)12-10-15-7-5-14(6-8-15)9-11-16-4-2-3-13-18-16/h2-8,13H,10,12H2,1H3. The van der Waals surface area contributed by atoms with Crippen molar-refractivity contribution in [1.29, 1.82) is 0 Å². The van der Waals surface area contributed by atoms with Gasteiger partial charge in [-0.3, -0.25) is 4.79 Å². The summed E-state index contributed by atoms with van der Waals surface area (Å²) < 4.78 is 4.61. The van der Waals surface area contributed by atoms with Crippen LogP contribution in [0.15, 0.2) is 48.7 Å². The summed E-state index contributed by atoms with van der Waals surface area (Å²) >= 11 is 0. The Labute approximate surface area is 118 Å². The van der Waals surface area contributed by atoms with Crippen molar-refractivity contribution in [2.24, 2.45) is 0 Å². The van der Waals surface area contributed by atoms with Gasteiger partial charge in [-0.05, 0) is 42.2 Å². The van der Waals surface area contributed by atoms with Gasteiger partial charge in [0.15, 0.2) is 0 Å². The SMILES string of the molecule is COC(=O)CCc1ccc(C#Cc2ccccn2)cc1. The van der Waals surface area contributed by atoms with Crippen molar-refractivity contribution < 1.29 is 9.53 Å². The number of pyridine rings is 1. The Morgan fingerprint density at radius 3 is 2.60 bits per heavy atom. The van der Waals surface area contributed by atoms with Crippen LogP contribution in [0, 0.1) is 11.8 Å². The molecule has 3 nitrogen and oxygen atoms in total. The maximum absolute atomic E-state index is 11.1. The van der Waals surface area contributed by atoms with Gasteiger partial charge in [-0.25, -0.2) is 4.98 Å². The Morgan fingerprint density at radius 2 is 1.95 bits per heavy atom. The van der Waals surface area contributed by atoms with Crippen LogP contribution in [0.25, 0.3) is 0 Å². The molecule has 0 aliphatic heterocycles. The number of methoxy groups -OCH3 is 1. The second-order valence-electron chi connectivity index (χ2n) is 4.24. The minimum absolute atomic E-state index is 0.191. The van der Waals surface area contributed by atoms with Crippen molar-refractivity contribution in [3.63, 3.8) is 0 Å². The van der Waals surface area contributed by atoms with Crippen molar-refractivity contribution in [3.05, 3.63) is 65.5 Å². The van der Waals surface area contributed by atoms with Gasteiger partial charge in [-0.2, -0.15) is 0 Å². The zero-order chi connectivity index (χ0) is 14.2. The van der Waals surface area contributed by atoms with Gasteiger partial charge < -0.3 is 4.74 Å². The first-order chi connectivity index (χ1) is 9.78. The molecule has 0 unspecified atom stereocenters. The third-order valence-corrected chi connectivity index (χ3v) is 2.80. The summed E-state index contributed by atoms with van der Waals surface area (Å²) in [6, 6.07) is 13.5. The minimum Gasteiger partial charge on any atom is -0.469 e. The summed E-state index contributed by atoms with van der Waals surface area (Å²) in [5, 5.41) is 0. The van der Waals surface area contributed by atoms with E-state index in [1.807, 2.05) is 42.5 Å². The Hall–Kier alpha value is -2.60. The summed E-state index contributed by atoms with van der Waals surface area (Å²) in [6.07, 6.45) is 2.80. The maximum atomic E-state index is 11.1. The van der Waals surface area contributed by atoms with E-state index in [4.69, 9.17) is 0 Å². The molecule has 0 saturated heterocycles. The third-order valence-electron chi connectivity index (χ3n) is 2.80. The molecule has 100 valence electrons. The predicted octanol–water partition coefficient (Wildman–Crippen LogP) is 2.59. The summed E-state index contributed by atoms with van der Waals surface area (Å²) in [5.74, 6) is 5.87. The molecule has 0 saturated carbocycles. The molecule has 0 bridgehead atoms. The van der Waals surface area contributed by atoms with Gasteiger partial charge in [0.05, 0.1) is 7.11 Å². The molecule has 2 aromatic rings. The van der Waals surface area contributed by atoms with Crippen LogP contribution in [0.3, 0.4) is 0 Å². The normalized spacial score (nSPS) is 9.45. The highest BCUT2D eigenvalue weighted by Gasteiger charge is 2.00. The molecule has 0 aliphatic carbocycles. The second-order valence-corrected chi connectivity index (χ2v) is 4.24. The van der Waals surface area contributed by atoms with Gasteiger partial charge in [0.25, 0.3) is 0 Å². The average molecular weight is 265 g/mol. The fraction of sp³-hybridized carbons (Fsp3) is 0.176. The van der Waals surface area contributed by atoms with E-state index in [0.717, 1.165) is 16.8 Å². The van der Waals surface area contributed by atoms with Crippen LogP contribution in [0.2, 0.25) is 0 Å². The highest BCUT2D eigenvalue weighted by molar-refractivity contribution is 5.69. The highest BCUT2D eigenvalue weighted by atomic mass is 16.5. The van der Waals surface area contributed by atoms with Crippen molar-refractivity contribution >= 4 is 5.97 Å². The van der Waals surface area contributed by atoms with Crippen LogP contribution in [0.1, 0.15) is 23.2 Å². The first-order valence-corrected chi connectivity index (χ1v) is 6.37. The molecule has 0 amide bonds. The summed E-state index contributed by atoms with van der Waals surface area (Å²) in [4.78, 5) is 15.2. The number of ether oxygens (including phenoxy) is 1. The molecule has 1 aromatic carbocycles. The van der Waals surface area contributed by atoms with E-state index in [1.165, 1.54) is 7.11 Å². The Kier molecular flexibility index (Phi) is 4.91. The van der Waals surface area contributed by atoms with Crippen LogP contribution in [0.4, 0.5) is 0 Å². The van der Waals surface area contributed by atoms with Gasteiger partial charge in [0.2, 0.25) is 0 Å². The second kappa shape index (κ2) is 7.10. The number of aromatic nitrogens is 1. The van der Waals surface area contributed by atoms with E-state index in [2.05, 4.69) is 21.6 Å². The smallest absolute Gasteiger partial charge is 0.305 e. The first-order valence-electron chi connectivity index (χ1n) is 6.37. The van der Waals surface area contributed by atoms with E-state index in [1.54, 1.807) is 6.20 Å². The number of carbonyl (C=O) groups excluding carboxylic acids is 1. The lowest BCUT2D eigenvalue weighted by molar-refractivity contribution is -0.140. The van der Waals surface area contributed by atoms with E-state index >= 15 is 0 Å². The maximum Gasteiger partial charge on any atom is 0.305 e. The molecule has 0 aliphatic rings. The van der Waals surface area contributed by atoms with Crippen molar-refractivity contribution in [2.45, 2.75) is 12.8 Å². The predicted molar refractivity (Wildman–Crippen MR) is 77.0 cm³/mol. The molecule has 1 aromatic heterocycles. The number of benzene rings is 1. The van der Waals surface area contributed by atoms with Gasteiger partial charge in [0, 0.05) is 18.2 Å². The molecule has 0 atom stereocenters. The number of esters is 1. The molecule has 0 N–H and O–H groups in total. The Bertz CT molecular complexity index is 622. The van der Waals surface area contributed by atoms with Crippen LogP contribution in [-0.2, 0) is 16.0 Å². The molecule has 3 heteroatoms. The average Bonchev–Trinajstić information content (AvgIpc) is 2.52. The number of aryl methyl sites for hydroxylation is 1. The number of hydrogen-bond donors (Lipinski definition) is 0. The number of nitrogens with zero attached hydrogens (tertiary/aromatic N) is 1. The largest absolute Gasteiger partial charge is 0.469 e.